The number of hydrogen-bond donors (Lipinski definition) is 2. The average molecular weight is 116 g/mol. The summed E-state index contributed by atoms with van der Waals surface area (Å²) in [5.41, 5.74) is 4.50. The second-order valence-electron chi connectivity index (χ2n) is 0.201. The van der Waals surface area contributed by atoms with Crippen molar-refractivity contribution in [2.24, 2.45) is 5.73 Å². The van der Waals surface area contributed by atoms with Gasteiger partial charge in [0.25, 0.3) is 10.8 Å². The van der Waals surface area contributed by atoms with E-state index in [1.165, 1.54) is 7.05 Å². The van der Waals surface area contributed by atoms with Crippen LogP contribution in [0.25, 0.3) is 0 Å². The SMILES string of the molecule is CN.[O-][Cl+2]([O-])O. The van der Waals surface area contributed by atoms with Crippen LogP contribution in [-0.4, -0.2) is 11.7 Å². The van der Waals surface area contributed by atoms with E-state index >= 15 is 0 Å². The molecular formula is CH6ClNO3. The fourth-order valence-electron chi connectivity index (χ4n) is 0. The van der Waals surface area contributed by atoms with Gasteiger partial charge in [0.1, 0.15) is 0 Å². The monoisotopic (exact) mass is 115 g/mol. The van der Waals surface area contributed by atoms with E-state index in [1.54, 1.807) is 0 Å². The smallest absolute Gasteiger partial charge is 0.282 e. The van der Waals surface area contributed by atoms with Gasteiger partial charge in [0, 0.05) is 4.66 Å². The maximum atomic E-state index is 8.52. The molecule has 0 aliphatic heterocycles. The molecule has 3 N–H and O–H groups in total. The van der Waals surface area contributed by atoms with Gasteiger partial charge in [0.15, 0.2) is 0 Å². The first kappa shape index (κ1) is 9.46. The highest BCUT2D eigenvalue weighted by Gasteiger charge is 1.79. The van der Waals surface area contributed by atoms with Gasteiger partial charge in [0.2, 0.25) is 0 Å². The summed E-state index contributed by atoms with van der Waals surface area (Å²) >= 11 is 0. The fourth-order valence-corrected chi connectivity index (χ4v) is 0. The maximum absolute atomic E-state index is 8.52. The zero-order chi connectivity index (χ0) is 5.58. The lowest BCUT2D eigenvalue weighted by molar-refractivity contribution is -1.63. The lowest BCUT2D eigenvalue weighted by atomic mass is 11.6. The average Bonchev–Trinajstić information content (AvgIpc) is 1.41. The van der Waals surface area contributed by atoms with Gasteiger partial charge < -0.3 is 15.1 Å². The van der Waals surface area contributed by atoms with Crippen LogP contribution in [0.1, 0.15) is 0 Å². The van der Waals surface area contributed by atoms with Gasteiger partial charge in [-0.15, -0.1) is 0 Å². The lowest BCUT2D eigenvalue weighted by Gasteiger charge is -1.72. The van der Waals surface area contributed by atoms with Crippen LogP contribution in [-0.2, 0) is 0 Å². The minimum Gasteiger partial charge on any atom is -0.333 e. The number of halogens is 1. The minimum atomic E-state index is -2.60. The Morgan fingerprint density at radius 3 is 1.50 bits per heavy atom. The molecule has 0 aliphatic carbocycles. The molecule has 0 aromatic rings. The first-order valence-corrected chi connectivity index (χ1v) is 2.01. The highest BCUT2D eigenvalue weighted by atomic mass is 35.6. The predicted octanol–water partition coefficient (Wildman–Crippen LogP) is -3.36. The van der Waals surface area contributed by atoms with Crippen molar-refractivity contribution in [3.05, 3.63) is 0 Å². The van der Waals surface area contributed by atoms with Crippen LogP contribution in [0.3, 0.4) is 0 Å². The van der Waals surface area contributed by atoms with Gasteiger partial charge >= 0.3 is 0 Å². The van der Waals surface area contributed by atoms with Crippen molar-refractivity contribution in [2.45, 2.75) is 0 Å². The summed E-state index contributed by atoms with van der Waals surface area (Å²) in [7, 11) is -1.10. The summed E-state index contributed by atoms with van der Waals surface area (Å²) in [6, 6.07) is 0. The largest absolute Gasteiger partial charge is 0.333 e. The molecule has 0 radical (unpaired) electrons. The van der Waals surface area contributed by atoms with Crippen molar-refractivity contribution in [3.8, 4) is 0 Å². The van der Waals surface area contributed by atoms with E-state index in [2.05, 4.69) is 5.73 Å². The predicted molar refractivity (Wildman–Crippen MR) is 12.3 cm³/mol. The molecule has 0 spiro atoms. The molecular weight excluding hydrogens is 109 g/mol. The first-order chi connectivity index (χ1) is 2.73. The Labute approximate surface area is 38.6 Å². The lowest BCUT2D eigenvalue weighted by Crippen LogP contribution is -2.30. The van der Waals surface area contributed by atoms with Crippen molar-refractivity contribution in [3.63, 3.8) is 0 Å². The number of rotatable bonds is 0. The van der Waals surface area contributed by atoms with E-state index in [1.807, 2.05) is 0 Å². The van der Waals surface area contributed by atoms with Crippen LogP contribution >= 0.6 is 0 Å². The second-order valence-corrected chi connectivity index (χ2v) is 0.603. The van der Waals surface area contributed by atoms with Crippen molar-refractivity contribution >= 4 is 0 Å². The van der Waals surface area contributed by atoms with Gasteiger partial charge in [-0.05, 0) is 7.05 Å². The van der Waals surface area contributed by atoms with Crippen molar-refractivity contribution in [2.75, 3.05) is 7.05 Å². The molecule has 0 unspecified atom stereocenters. The highest BCUT2D eigenvalue weighted by Crippen LogP contribution is 1.38. The Kier molecular flexibility index (Phi) is 14.1. The molecule has 0 aliphatic rings. The van der Waals surface area contributed by atoms with E-state index < -0.39 is 10.8 Å². The zero-order valence-corrected chi connectivity index (χ0v) is 3.97. The molecule has 0 aromatic heterocycles. The van der Waals surface area contributed by atoms with Crippen molar-refractivity contribution < 1.29 is 24.8 Å². The summed E-state index contributed by atoms with van der Waals surface area (Å²) in [6.07, 6.45) is 0. The standard InChI is InChI=1S/CH5N.ClHO3/c1-2;2-1(3)4/h2H2,1H3;2H. The van der Waals surface area contributed by atoms with Crippen molar-refractivity contribution in [1.29, 1.82) is 0 Å². The molecule has 0 saturated carbocycles. The summed E-state index contributed by atoms with van der Waals surface area (Å²) in [5.74, 6) is 0. The molecule has 0 heterocycles. The Balaban J connectivity index is 0. The molecule has 0 amide bonds. The Morgan fingerprint density at radius 2 is 1.50 bits per heavy atom. The molecule has 5 heteroatoms. The van der Waals surface area contributed by atoms with Gasteiger partial charge in [0.05, 0.1) is 0 Å². The molecule has 0 bridgehead atoms. The fraction of sp³-hybridized carbons (Fsp3) is 1.00. The van der Waals surface area contributed by atoms with E-state index in [0.717, 1.165) is 0 Å². The van der Waals surface area contributed by atoms with E-state index in [-0.39, 0.29) is 0 Å². The molecule has 0 atom stereocenters. The van der Waals surface area contributed by atoms with E-state index in [0.29, 0.717) is 0 Å². The molecule has 4 nitrogen and oxygen atoms in total. The first-order valence-electron chi connectivity index (χ1n) is 1.05. The molecule has 0 rings (SSSR count). The number of hydrogen-bond acceptors (Lipinski definition) is 4. The summed E-state index contributed by atoms with van der Waals surface area (Å²) in [5, 5.41) is 0. The normalized spacial score (nSPS) is 7.00. The second kappa shape index (κ2) is 8.93. The molecule has 0 fully saturated rings. The Morgan fingerprint density at radius 1 is 1.50 bits per heavy atom. The van der Waals surface area contributed by atoms with E-state index in [9.17, 15) is 0 Å². The summed E-state index contributed by atoms with van der Waals surface area (Å²) in [4.78, 5) is 0. The van der Waals surface area contributed by atoms with Gasteiger partial charge in [-0.1, -0.05) is 0 Å². The van der Waals surface area contributed by atoms with Crippen LogP contribution in [0.2, 0.25) is 0 Å². The molecule has 6 heavy (non-hydrogen) atoms. The maximum Gasteiger partial charge on any atom is 0.282 e. The topological polar surface area (TPSA) is 92.4 Å². The molecule has 0 aromatic carbocycles. The van der Waals surface area contributed by atoms with Gasteiger partial charge in [-0.2, -0.15) is 0 Å². The minimum absolute atomic E-state index is 1.50. The quantitative estimate of drug-likeness (QED) is 0.345. The van der Waals surface area contributed by atoms with Crippen LogP contribution in [0.5, 0.6) is 0 Å². The molecule has 40 valence electrons. The third-order valence-electron chi connectivity index (χ3n) is 0. The molecule has 0 saturated heterocycles. The van der Waals surface area contributed by atoms with Gasteiger partial charge in [-0.25, -0.2) is 0 Å². The Hall–Kier alpha value is 0.130. The van der Waals surface area contributed by atoms with Crippen LogP contribution in [0, 0.1) is 10.8 Å². The highest BCUT2D eigenvalue weighted by molar-refractivity contribution is 3.54. The Bertz CT molecular complexity index is 15.5. The summed E-state index contributed by atoms with van der Waals surface area (Å²) in [6.45, 7) is 0. The van der Waals surface area contributed by atoms with Gasteiger partial charge in [-0.3, -0.25) is 0 Å². The van der Waals surface area contributed by atoms with Crippen molar-refractivity contribution in [1.82, 2.24) is 0 Å². The number of nitrogens with two attached hydrogens (primary N) is 1. The summed E-state index contributed by atoms with van der Waals surface area (Å²) < 4.78 is 24.0. The van der Waals surface area contributed by atoms with Crippen LogP contribution in [0.4, 0.5) is 0 Å². The van der Waals surface area contributed by atoms with Crippen LogP contribution in [0.15, 0.2) is 0 Å². The third kappa shape index (κ3) is 2390. The van der Waals surface area contributed by atoms with Crippen LogP contribution < -0.4 is 15.1 Å². The van der Waals surface area contributed by atoms with E-state index in [4.69, 9.17) is 14.0 Å². The third-order valence-corrected chi connectivity index (χ3v) is 0. The zero-order valence-electron chi connectivity index (χ0n) is 3.22.